The summed E-state index contributed by atoms with van der Waals surface area (Å²) in [7, 11) is 0. The predicted molar refractivity (Wildman–Crippen MR) is 46.9 cm³/mol. The van der Waals surface area contributed by atoms with Gasteiger partial charge in [-0.15, -0.1) is 11.6 Å². The Bertz CT molecular complexity index is 167. The van der Waals surface area contributed by atoms with Crippen molar-refractivity contribution in [2.24, 2.45) is 5.92 Å². The van der Waals surface area contributed by atoms with E-state index in [-0.39, 0.29) is 16.6 Å². The van der Waals surface area contributed by atoms with Crippen LogP contribution in [0, 0.1) is 5.92 Å². The van der Waals surface area contributed by atoms with E-state index >= 15 is 0 Å². The maximum atomic E-state index is 11.1. The molecule has 0 aromatic rings. The zero-order valence-electron chi connectivity index (χ0n) is 7.19. The number of ketones is 1. The summed E-state index contributed by atoms with van der Waals surface area (Å²) in [5, 5.41) is 0. The normalized spacial score (nSPS) is 37.5. The van der Waals surface area contributed by atoms with E-state index in [1.165, 1.54) is 0 Å². The van der Waals surface area contributed by atoms with Gasteiger partial charge in [0.1, 0.15) is 5.78 Å². The Kier molecular flexibility index (Phi) is 2.58. The summed E-state index contributed by atoms with van der Waals surface area (Å²) < 4.78 is 0. The zero-order valence-corrected chi connectivity index (χ0v) is 7.95. The smallest absolute Gasteiger partial charge is 0.134 e. The van der Waals surface area contributed by atoms with Crippen LogP contribution in [0.4, 0.5) is 0 Å². The molecule has 64 valence electrons. The Morgan fingerprint density at radius 2 is 2.36 bits per heavy atom. The number of alkyl halides is 1. The van der Waals surface area contributed by atoms with Gasteiger partial charge in [-0.3, -0.25) is 4.79 Å². The van der Waals surface area contributed by atoms with Gasteiger partial charge in [0.05, 0.1) is 4.87 Å². The first kappa shape index (κ1) is 9.05. The SMILES string of the molecule is CCC1(Cl)CCCC1C(C)=O. The van der Waals surface area contributed by atoms with Crippen molar-refractivity contribution >= 4 is 17.4 Å². The van der Waals surface area contributed by atoms with E-state index in [9.17, 15) is 4.79 Å². The molecule has 0 heterocycles. The number of Topliss-reactive ketones (excluding diaryl/α,β-unsaturated/α-hetero) is 1. The van der Waals surface area contributed by atoms with Crippen LogP contribution in [0.3, 0.4) is 0 Å². The zero-order chi connectivity index (χ0) is 8.48. The summed E-state index contributed by atoms with van der Waals surface area (Å²) >= 11 is 6.30. The molecular weight excluding hydrogens is 160 g/mol. The lowest BCUT2D eigenvalue weighted by Crippen LogP contribution is -2.30. The fraction of sp³-hybridized carbons (Fsp3) is 0.889. The number of hydrogen-bond acceptors (Lipinski definition) is 1. The molecule has 1 aliphatic carbocycles. The molecule has 0 amide bonds. The van der Waals surface area contributed by atoms with Crippen LogP contribution in [0.5, 0.6) is 0 Å². The molecule has 0 aliphatic heterocycles. The lowest BCUT2D eigenvalue weighted by molar-refractivity contribution is -0.121. The minimum atomic E-state index is -0.203. The maximum Gasteiger partial charge on any atom is 0.134 e. The van der Waals surface area contributed by atoms with Crippen molar-refractivity contribution < 1.29 is 4.79 Å². The van der Waals surface area contributed by atoms with E-state index < -0.39 is 0 Å². The van der Waals surface area contributed by atoms with Crippen LogP contribution in [-0.4, -0.2) is 10.7 Å². The first-order valence-electron chi connectivity index (χ1n) is 4.29. The number of carbonyl (C=O) groups is 1. The summed E-state index contributed by atoms with van der Waals surface area (Å²) in [6.45, 7) is 3.72. The molecule has 0 aromatic carbocycles. The molecule has 1 fully saturated rings. The second-order valence-corrected chi connectivity index (χ2v) is 4.20. The summed E-state index contributed by atoms with van der Waals surface area (Å²) in [4.78, 5) is 10.9. The van der Waals surface area contributed by atoms with Gasteiger partial charge < -0.3 is 0 Å². The standard InChI is InChI=1S/C9H15ClO/c1-3-9(10)6-4-5-8(9)7(2)11/h8H,3-6H2,1-2H3. The second kappa shape index (κ2) is 3.14. The minimum Gasteiger partial charge on any atom is -0.300 e. The van der Waals surface area contributed by atoms with Gasteiger partial charge in [0.15, 0.2) is 0 Å². The fourth-order valence-corrected chi connectivity index (χ4v) is 2.42. The Labute approximate surface area is 73.1 Å². The highest BCUT2D eigenvalue weighted by atomic mass is 35.5. The van der Waals surface area contributed by atoms with E-state index in [0.29, 0.717) is 0 Å². The molecule has 2 heteroatoms. The molecule has 0 radical (unpaired) electrons. The largest absolute Gasteiger partial charge is 0.300 e. The summed E-state index contributed by atoms with van der Waals surface area (Å²) in [6.07, 6.45) is 4.03. The molecule has 2 unspecified atom stereocenters. The minimum absolute atomic E-state index is 0.120. The van der Waals surface area contributed by atoms with Crippen LogP contribution in [0.1, 0.15) is 39.5 Å². The molecule has 0 N–H and O–H groups in total. The van der Waals surface area contributed by atoms with Crippen molar-refractivity contribution in [3.63, 3.8) is 0 Å². The first-order valence-corrected chi connectivity index (χ1v) is 4.67. The van der Waals surface area contributed by atoms with Crippen molar-refractivity contribution in [3.05, 3.63) is 0 Å². The molecule has 0 aromatic heterocycles. The molecule has 1 rings (SSSR count). The molecule has 11 heavy (non-hydrogen) atoms. The molecular formula is C9H15ClO. The van der Waals surface area contributed by atoms with Crippen LogP contribution >= 0.6 is 11.6 Å². The average molecular weight is 175 g/mol. The summed E-state index contributed by atoms with van der Waals surface area (Å²) in [5.74, 6) is 0.383. The van der Waals surface area contributed by atoms with E-state index in [4.69, 9.17) is 11.6 Å². The number of carbonyl (C=O) groups excluding carboxylic acids is 1. The molecule has 0 bridgehead atoms. The molecule has 1 saturated carbocycles. The maximum absolute atomic E-state index is 11.1. The van der Waals surface area contributed by atoms with Gasteiger partial charge in [-0.05, 0) is 26.2 Å². The Hall–Kier alpha value is -0.0400. The molecule has 2 atom stereocenters. The highest BCUT2D eigenvalue weighted by molar-refractivity contribution is 6.25. The Balaban J connectivity index is 2.72. The summed E-state index contributed by atoms with van der Waals surface area (Å²) in [6, 6.07) is 0. The van der Waals surface area contributed by atoms with Gasteiger partial charge in [-0.1, -0.05) is 13.3 Å². The van der Waals surface area contributed by atoms with Crippen LogP contribution < -0.4 is 0 Å². The monoisotopic (exact) mass is 174 g/mol. The third-order valence-corrected chi connectivity index (χ3v) is 3.51. The van der Waals surface area contributed by atoms with Crippen molar-refractivity contribution in [2.75, 3.05) is 0 Å². The van der Waals surface area contributed by atoms with Gasteiger partial charge in [-0.25, -0.2) is 0 Å². The second-order valence-electron chi connectivity index (χ2n) is 3.44. The van der Waals surface area contributed by atoms with Gasteiger partial charge in [-0.2, -0.15) is 0 Å². The topological polar surface area (TPSA) is 17.1 Å². The average Bonchev–Trinajstić information content (AvgIpc) is 2.32. The van der Waals surface area contributed by atoms with Gasteiger partial charge >= 0.3 is 0 Å². The van der Waals surface area contributed by atoms with E-state index in [1.807, 2.05) is 0 Å². The number of rotatable bonds is 2. The van der Waals surface area contributed by atoms with Crippen molar-refractivity contribution in [1.29, 1.82) is 0 Å². The highest BCUT2D eigenvalue weighted by Crippen LogP contribution is 2.43. The van der Waals surface area contributed by atoms with Gasteiger partial charge in [0, 0.05) is 5.92 Å². The third-order valence-electron chi connectivity index (χ3n) is 2.79. The summed E-state index contributed by atoms with van der Waals surface area (Å²) in [5.41, 5.74) is 0. The van der Waals surface area contributed by atoms with Crippen LogP contribution in [0.25, 0.3) is 0 Å². The number of hydrogen-bond donors (Lipinski definition) is 0. The van der Waals surface area contributed by atoms with E-state index in [1.54, 1.807) is 6.92 Å². The van der Waals surface area contributed by atoms with E-state index in [0.717, 1.165) is 25.7 Å². The molecule has 0 saturated heterocycles. The van der Waals surface area contributed by atoms with Gasteiger partial charge in [0.2, 0.25) is 0 Å². The molecule has 0 spiro atoms. The van der Waals surface area contributed by atoms with Crippen LogP contribution in [0.15, 0.2) is 0 Å². The molecule has 1 aliphatic rings. The predicted octanol–water partition coefficient (Wildman–Crippen LogP) is 2.76. The van der Waals surface area contributed by atoms with E-state index in [2.05, 4.69) is 6.92 Å². The van der Waals surface area contributed by atoms with Crippen LogP contribution in [0.2, 0.25) is 0 Å². The van der Waals surface area contributed by atoms with Crippen molar-refractivity contribution in [2.45, 2.75) is 44.4 Å². The quantitative estimate of drug-likeness (QED) is 0.589. The lowest BCUT2D eigenvalue weighted by atomic mass is 9.90. The first-order chi connectivity index (χ1) is 5.10. The van der Waals surface area contributed by atoms with Crippen molar-refractivity contribution in [1.82, 2.24) is 0 Å². The Morgan fingerprint density at radius 1 is 1.73 bits per heavy atom. The van der Waals surface area contributed by atoms with Gasteiger partial charge in [0.25, 0.3) is 0 Å². The number of halogens is 1. The van der Waals surface area contributed by atoms with Crippen LogP contribution in [-0.2, 0) is 4.79 Å². The molecule has 1 nitrogen and oxygen atoms in total. The highest BCUT2D eigenvalue weighted by Gasteiger charge is 2.41. The lowest BCUT2D eigenvalue weighted by Gasteiger charge is -2.25. The third kappa shape index (κ3) is 1.58. The fourth-order valence-electron chi connectivity index (χ4n) is 2.02. The van der Waals surface area contributed by atoms with Crippen molar-refractivity contribution in [3.8, 4) is 0 Å². The Morgan fingerprint density at radius 3 is 2.73 bits per heavy atom.